The summed E-state index contributed by atoms with van der Waals surface area (Å²) in [4.78, 5) is 32.1. The Morgan fingerprint density at radius 2 is 1.55 bits per heavy atom. The first kappa shape index (κ1) is 20.8. The smallest absolute Gasteiger partial charge is 0.285 e. The van der Waals surface area contributed by atoms with Gasteiger partial charge in [-0.3, -0.25) is 15.0 Å². The molecule has 3 heterocycles. The van der Waals surface area contributed by atoms with Crippen molar-refractivity contribution in [2.75, 3.05) is 26.2 Å². The van der Waals surface area contributed by atoms with Gasteiger partial charge >= 0.3 is 0 Å². The van der Waals surface area contributed by atoms with Gasteiger partial charge in [-0.05, 0) is 38.5 Å². The molecule has 1 N–H and O–H groups in total. The van der Waals surface area contributed by atoms with Gasteiger partial charge in [-0.1, -0.05) is 32.1 Å². The number of nitrogens with zero attached hydrogens (tertiary/aromatic N) is 3. The van der Waals surface area contributed by atoms with Crippen molar-refractivity contribution in [1.82, 2.24) is 20.3 Å². The molecule has 6 nitrogen and oxygen atoms in total. The lowest BCUT2D eigenvalue weighted by Crippen LogP contribution is -2.43. The summed E-state index contributed by atoms with van der Waals surface area (Å²) in [6, 6.07) is 0. The molecule has 1 aromatic rings. The molecule has 160 valence electrons. The van der Waals surface area contributed by atoms with Crippen molar-refractivity contribution in [3.05, 3.63) is 16.1 Å². The van der Waals surface area contributed by atoms with Gasteiger partial charge in [-0.25, -0.2) is 9.99 Å². The van der Waals surface area contributed by atoms with Gasteiger partial charge in [0.2, 0.25) is 5.91 Å². The summed E-state index contributed by atoms with van der Waals surface area (Å²) < 4.78 is 0. The van der Waals surface area contributed by atoms with Gasteiger partial charge in [0.1, 0.15) is 5.69 Å². The largest absolute Gasteiger partial charge is 0.342 e. The van der Waals surface area contributed by atoms with Crippen molar-refractivity contribution in [2.24, 2.45) is 5.92 Å². The lowest BCUT2D eigenvalue weighted by Gasteiger charge is -2.34. The molecule has 7 heteroatoms. The predicted octanol–water partition coefficient (Wildman–Crippen LogP) is 3.95. The Labute approximate surface area is 178 Å². The van der Waals surface area contributed by atoms with E-state index >= 15 is 0 Å². The molecule has 0 radical (unpaired) electrons. The molecular formula is C22H34N4O2S. The summed E-state index contributed by atoms with van der Waals surface area (Å²) in [6.45, 7) is 3.51. The van der Waals surface area contributed by atoms with E-state index in [1.807, 2.05) is 10.4 Å². The molecule has 0 aromatic carbocycles. The summed E-state index contributed by atoms with van der Waals surface area (Å²) in [5, 5.41) is 4.99. The average molecular weight is 419 g/mol. The number of thiazole rings is 1. The van der Waals surface area contributed by atoms with E-state index in [1.54, 1.807) is 11.3 Å². The summed E-state index contributed by atoms with van der Waals surface area (Å²) >= 11 is 1.59. The Kier molecular flexibility index (Phi) is 7.19. The molecule has 0 unspecified atom stereocenters. The number of aromatic nitrogens is 1. The highest BCUT2D eigenvalue weighted by Gasteiger charge is 2.30. The van der Waals surface area contributed by atoms with Crippen molar-refractivity contribution in [2.45, 2.75) is 76.5 Å². The zero-order valence-corrected chi connectivity index (χ0v) is 18.2. The van der Waals surface area contributed by atoms with Crippen LogP contribution in [0.4, 0.5) is 0 Å². The van der Waals surface area contributed by atoms with Crippen molar-refractivity contribution >= 4 is 23.2 Å². The van der Waals surface area contributed by atoms with Crippen LogP contribution in [-0.4, -0.2) is 52.9 Å². The molecular weight excluding hydrogens is 384 g/mol. The van der Waals surface area contributed by atoms with Crippen LogP contribution in [0.1, 0.15) is 92.0 Å². The van der Waals surface area contributed by atoms with Gasteiger partial charge in [0, 0.05) is 43.4 Å². The van der Waals surface area contributed by atoms with E-state index in [9.17, 15) is 9.59 Å². The highest BCUT2D eigenvalue weighted by Crippen LogP contribution is 2.32. The number of carbonyl (C=O) groups excluding carboxylic acids is 2. The maximum atomic E-state index is 12.8. The second-order valence-corrected chi connectivity index (χ2v) is 9.74. The molecule has 1 aliphatic carbocycles. The quantitative estimate of drug-likeness (QED) is 0.804. The minimum absolute atomic E-state index is 0.0840. The Hall–Kier alpha value is -1.47. The van der Waals surface area contributed by atoms with Gasteiger partial charge in [-0.2, -0.15) is 0 Å². The van der Waals surface area contributed by atoms with Crippen molar-refractivity contribution < 1.29 is 9.59 Å². The van der Waals surface area contributed by atoms with Gasteiger partial charge in [0.25, 0.3) is 5.91 Å². The van der Waals surface area contributed by atoms with Crippen LogP contribution in [0.15, 0.2) is 5.38 Å². The fraction of sp³-hybridized carbons (Fsp3) is 0.773. The molecule has 29 heavy (non-hydrogen) atoms. The van der Waals surface area contributed by atoms with E-state index in [2.05, 4.69) is 15.3 Å². The lowest BCUT2D eigenvalue weighted by atomic mass is 9.87. The van der Waals surface area contributed by atoms with E-state index in [0.29, 0.717) is 17.5 Å². The van der Waals surface area contributed by atoms with Crippen LogP contribution in [-0.2, 0) is 4.79 Å². The molecule has 3 fully saturated rings. The molecule has 2 aliphatic heterocycles. The lowest BCUT2D eigenvalue weighted by molar-refractivity contribution is -0.137. The van der Waals surface area contributed by atoms with E-state index in [0.717, 1.165) is 69.7 Å². The highest BCUT2D eigenvalue weighted by atomic mass is 32.1. The third-order valence-corrected chi connectivity index (χ3v) is 7.74. The Morgan fingerprint density at radius 3 is 2.24 bits per heavy atom. The first-order valence-electron chi connectivity index (χ1n) is 11.5. The average Bonchev–Trinajstić information content (AvgIpc) is 3.13. The minimum Gasteiger partial charge on any atom is -0.342 e. The molecule has 3 aliphatic rings. The van der Waals surface area contributed by atoms with Gasteiger partial charge in [0.15, 0.2) is 0 Å². The molecule has 1 saturated carbocycles. The van der Waals surface area contributed by atoms with Crippen LogP contribution in [0, 0.1) is 5.92 Å². The summed E-state index contributed by atoms with van der Waals surface area (Å²) in [7, 11) is 0. The van der Waals surface area contributed by atoms with Crippen LogP contribution >= 0.6 is 11.3 Å². The molecule has 0 bridgehead atoms. The Balaban J connectivity index is 1.27. The SMILES string of the molecule is O=C(NN1CCCCCC1)c1csc(C2CCN(C(=O)C3CCCCC3)CC2)n1. The fourth-order valence-electron chi connectivity index (χ4n) is 4.92. The second-order valence-electron chi connectivity index (χ2n) is 8.85. The van der Waals surface area contributed by atoms with Crippen LogP contribution in [0.25, 0.3) is 0 Å². The molecule has 0 spiro atoms. The van der Waals surface area contributed by atoms with Crippen LogP contribution in [0.3, 0.4) is 0 Å². The van der Waals surface area contributed by atoms with E-state index < -0.39 is 0 Å². The highest BCUT2D eigenvalue weighted by molar-refractivity contribution is 7.09. The minimum atomic E-state index is -0.0840. The molecule has 4 rings (SSSR count). The summed E-state index contributed by atoms with van der Waals surface area (Å²) in [5.41, 5.74) is 3.57. The number of hydrazine groups is 1. The number of likely N-dealkylation sites (tertiary alicyclic amines) is 1. The van der Waals surface area contributed by atoms with Crippen LogP contribution < -0.4 is 5.43 Å². The number of carbonyl (C=O) groups is 2. The number of piperidine rings is 1. The standard InChI is InChI=1S/C22H34N4O2S/c27-20(24-26-12-6-1-2-7-13-26)19-16-29-21(23-19)17-10-14-25(15-11-17)22(28)18-8-4-3-5-9-18/h16-18H,1-15H2,(H,24,27). The normalized spacial score (nSPS) is 23.0. The zero-order chi connectivity index (χ0) is 20.1. The summed E-state index contributed by atoms with van der Waals surface area (Å²) in [6.07, 6.45) is 12.5. The Bertz CT molecular complexity index is 685. The van der Waals surface area contributed by atoms with Crippen molar-refractivity contribution in [3.8, 4) is 0 Å². The second kappa shape index (κ2) is 10.0. The summed E-state index contributed by atoms with van der Waals surface area (Å²) in [5.74, 6) is 0.920. The van der Waals surface area contributed by atoms with Gasteiger partial charge < -0.3 is 4.90 Å². The fourth-order valence-corrected chi connectivity index (χ4v) is 5.89. The van der Waals surface area contributed by atoms with Gasteiger partial charge in [0.05, 0.1) is 5.01 Å². The van der Waals surface area contributed by atoms with Crippen molar-refractivity contribution in [3.63, 3.8) is 0 Å². The topological polar surface area (TPSA) is 65.5 Å². The third-order valence-electron chi connectivity index (χ3n) is 6.73. The number of hydrogen-bond acceptors (Lipinski definition) is 5. The van der Waals surface area contributed by atoms with Crippen LogP contribution in [0.5, 0.6) is 0 Å². The molecule has 1 aromatic heterocycles. The van der Waals surface area contributed by atoms with E-state index in [4.69, 9.17) is 0 Å². The Morgan fingerprint density at radius 1 is 0.897 bits per heavy atom. The first-order chi connectivity index (χ1) is 14.2. The van der Waals surface area contributed by atoms with Crippen LogP contribution in [0.2, 0.25) is 0 Å². The predicted molar refractivity (Wildman–Crippen MR) is 115 cm³/mol. The van der Waals surface area contributed by atoms with E-state index in [-0.39, 0.29) is 11.8 Å². The van der Waals surface area contributed by atoms with Gasteiger partial charge in [-0.15, -0.1) is 11.3 Å². The molecule has 2 amide bonds. The molecule has 0 atom stereocenters. The van der Waals surface area contributed by atoms with E-state index in [1.165, 1.54) is 32.1 Å². The third kappa shape index (κ3) is 5.37. The number of amides is 2. The molecule has 2 saturated heterocycles. The first-order valence-corrected chi connectivity index (χ1v) is 12.4. The number of hydrogen-bond donors (Lipinski definition) is 1. The zero-order valence-electron chi connectivity index (χ0n) is 17.4. The number of nitrogens with one attached hydrogen (secondary N) is 1. The maximum absolute atomic E-state index is 12.8. The monoisotopic (exact) mass is 418 g/mol. The van der Waals surface area contributed by atoms with Crippen molar-refractivity contribution in [1.29, 1.82) is 0 Å². The number of rotatable bonds is 4. The maximum Gasteiger partial charge on any atom is 0.285 e.